The van der Waals surface area contributed by atoms with Gasteiger partial charge in [0.15, 0.2) is 0 Å². The Morgan fingerprint density at radius 1 is 1.19 bits per heavy atom. The molecule has 1 saturated heterocycles. The number of nitrogens with zero attached hydrogens (tertiary/aromatic N) is 2. The molecule has 1 heterocycles. The summed E-state index contributed by atoms with van der Waals surface area (Å²) in [5.41, 5.74) is 5.16. The van der Waals surface area contributed by atoms with Crippen LogP contribution in [-0.2, 0) is 22.4 Å². The van der Waals surface area contributed by atoms with Crippen LogP contribution >= 0.6 is 11.8 Å². The van der Waals surface area contributed by atoms with E-state index in [1.165, 1.54) is 27.8 Å². The highest BCUT2D eigenvalue weighted by atomic mass is 32.2. The molecule has 1 atom stereocenters. The number of thioether (sulfide) groups is 1. The molecule has 0 aliphatic carbocycles. The van der Waals surface area contributed by atoms with Gasteiger partial charge in [-0.3, -0.25) is 14.5 Å². The Morgan fingerprint density at radius 2 is 1.88 bits per heavy atom. The third kappa shape index (κ3) is 4.95. The Morgan fingerprint density at radius 3 is 2.47 bits per heavy atom. The lowest BCUT2D eigenvalue weighted by molar-refractivity contribution is -0.117. The summed E-state index contributed by atoms with van der Waals surface area (Å²) >= 11 is 1.28. The molecule has 1 N–H and O–H groups in total. The van der Waals surface area contributed by atoms with E-state index in [0.29, 0.717) is 17.1 Å². The number of aryl methyl sites for hydroxylation is 3. The Bertz CT molecular complexity index is 1110. The fourth-order valence-electron chi connectivity index (χ4n) is 3.50. The molecule has 0 bridgehead atoms. The van der Waals surface area contributed by atoms with Crippen LogP contribution in [0.4, 0.5) is 5.69 Å². The van der Waals surface area contributed by atoms with Crippen LogP contribution < -0.4 is 10.2 Å². The molecule has 1 aliphatic heterocycles. The van der Waals surface area contributed by atoms with Crippen LogP contribution in [0.2, 0.25) is 0 Å². The number of anilines is 1. The van der Waals surface area contributed by atoms with E-state index in [2.05, 4.69) is 37.9 Å². The maximum Gasteiger partial charge on any atom is 0.264 e. The maximum atomic E-state index is 13.5. The van der Waals surface area contributed by atoms with E-state index in [4.69, 9.17) is 0 Å². The molecule has 164 valence electrons. The van der Waals surface area contributed by atoms with Crippen LogP contribution in [0, 0.1) is 25.2 Å². The van der Waals surface area contributed by atoms with Gasteiger partial charge in [-0.1, -0.05) is 55.1 Å². The van der Waals surface area contributed by atoms with Gasteiger partial charge in [0.25, 0.3) is 5.91 Å². The van der Waals surface area contributed by atoms with Crippen molar-refractivity contribution in [1.29, 1.82) is 5.26 Å². The van der Waals surface area contributed by atoms with E-state index in [0.717, 1.165) is 17.5 Å². The predicted octanol–water partition coefficient (Wildman–Crippen LogP) is 4.59. The molecule has 2 amide bonds. The molecule has 0 saturated carbocycles. The topological polar surface area (TPSA) is 73.2 Å². The first-order chi connectivity index (χ1) is 15.4. The van der Waals surface area contributed by atoms with Crippen LogP contribution in [0.5, 0.6) is 0 Å². The van der Waals surface area contributed by atoms with Crippen molar-refractivity contribution >= 4 is 29.3 Å². The van der Waals surface area contributed by atoms with E-state index in [1.807, 2.05) is 43.3 Å². The highest BCUT2D eigenvalue weighted by Gasteiger charge is 2.40. The largest absolute Gasteiger partial charge is 0.348 e. The lowest BCUT2D eigenvalue weighted by Gasteiger charge is -2.19. The molecule has 0 aromatic heterocycles. The number of carbonyl (C=O) groups excluding carboxylic acids is 2. The second kappa shape index (κ2) is 10.3. The van der Waals surface area contributed by atoms with Crippen LogP contribution in [0.25, 0.3) is 0 Å². The Kier molecular flexibility index (Phi) is 7.55. The average molecular weight is 446 g/mol. The number of hydrogen-bond donors (Lipinski definition) is 1. The third-order valence-electron chi connectivity index (χ3n) is 5.51. The summed E-state index contributed by atoms with van der Waals surface area (Å²) in [6, 6.07) is 15.8. The summed E-state index contributed by atoms with van der Waals surface area (Å²) < 4.78 is 0. The molecule has 2 aromatic rings. The van der Waals surface area contributed by atoms with Crippen LogP contribution in [0.1, 0.15) is 29.2 Å². The Hall–Kier alpha value is -3.30. The maximum absolute atomic E-state index is 13.5. The Balaban J connectivity index is 2.02. The predicted molar refractivity (Wildman–Crippen MR) is 130 cm³/mol. The van der Waals surface area contributed by atoms with E-state index in [9.17, 15) is 14.9 Å². The fraction of sp³-hybridized carbons (Fsp3) is 0.269. The second-order valence-corrected chi connectivity index (χ2v) is 8.90. The molecule has 32 heavy (non-hydrogen) atoms. The third-order valence-corrected chi connectivity index (χ3v) is 6.77. The van der Waals surface area contributed by atoms with Crippen molar-refractivity contribution in [2.45, 2.75) is 38.9 Å². The SMILES string of the molecule is C=CCNC(=O)/C(C#N)=C1\SC(Cc2ccc(C)c(C)c2)C(=O)N1c1ccc(CC)cc1. The van der Waals surface area contributed by atoms with Gasteiger partial charge in [0, 0.05) is 12.2 Å². The molecule has 0 spiro atoms. The number of hydrogen-bond acceptors (Lipinski definition) is 4. The van der Waals surface area contributed by atoms with Crippen molar-refractivity contribution in [2.75, 3.05) is 11.4 Å². The molecule has 1 aliphatic rings. The summed E-state index contributed by atoms with van der Waals surface area (Å²) in [6.45, 7) is 10.0. The van der Waals surface area contributed by atoms with E-state index >= 15 is 0 Å². The lowest BCUT2D eigenvalue weighted by atomic mass is 10.0. The highest BCUT2D eigenvalue weighted by Crippen LogP contribution is 2.42. The van der Waals surface area contributed by atoms with Crippen LogP contribution in [0.3, 0.4) is 0 Å². The van der Waals surface area contributed by atoms with Gasteiger partial charge in [0.1, 0.15) is 16.7 Å². The highest BCUT2D eigenvalue weighted by molar-refractivity contribution is 8.05. The van der Waals surface area contributed by atoms with Crippen molar-refractivity contribution in [3.63, 3.8) is 0 Å². The normalized spacial score (nSPS) is 17.1. The summed E-state index contributed by atoms with van der Waals surface area (Å²) in [7, 11) is 0. The standard InChI is InChI=1S/C26H27N3O2S/c1-5-13-28-24(30)22(16-27)26-29(21-11-9-19(6-2)10-12-21)25(31)23(32-26)15-20-8-7-17(3)18(4)14-20/h5,7-12,14,23H,1,6,13,15H2,2-4H3,(H,28,30)/b26-22-. The zero-order valence-electron chi connectivity index (χ0n) is 18.6. The van der Waals surface area contributed by atoms with E-state index in [1.54, 1.807) is 6.08 Å². The minimum Gasteiger partial charge on any atom is -0.348 e. The molecule has 1 unspecified atom stereocenters. The van der Waals surface area contributed by atoms with Crippen LogP contribution in [0.15, 0.2) is 65.7 Å². The first-order valence-electron chi connectivity index (χ1n) is 10.6. The molecule has 2 aromatic carbocycles. The minimum absolute atomic E-state index is 0.0626. The number of amides is 2. The summed E-state index contributed by atoms with van der Waals surface area (Å²) in [5.74, 6) is -0.638. The molecular weight excluding hydrogens is 418 g/mol. The number of benzene rings is 2. The van der Waals surface area contributed by atoms with Crippen molar-refractivity contribution in [1.82, 2.24) is 5.32 Å². The molecule has 3 rings (SSSR count). The smallest absolute Gasteiger partial charge is 0.264 e. The first kappa shape index (κ1) is 23.4. The van der Waals surface area contributed by atoms with Gasteiger partial charge in [0.05, 0.1) is 5.25 Å². The average Bonchev–Trinajstić information content (AvgIpc) is 3.10. The summed E-state index contributed by atoms with van der Waals surface area (Å²) in [6.07, 6.45) is 2.95. The number of nitrogens with one attached hydrogen (secondary N) is 1. The van der Waals surface area contributed by atoms with E-state index in [-0.39, 0.29) is 18.0 Å². The summed E-state index contributed by atoms with van der Waals surface area (Å²) in [5, 5.41) is 12.4. The van der Waals surface area contributed by atoms with Gasteiger partial charge in [-0.25, -0.2) is 0 Å². The first-order valence-corrected chi connectivity index (χ1v) is 11.5. The van der Waals surface area contributed by atoms with Crippen molar-refractivity contribution in [2.24, 2.45) is 0 Å². The van der Waals surface area contributed by atoms with Gasteiger partial charge in [0.2, 0.25) is 5.91 Å². The summed E-state index contributed by atoms with van der Waals surface area (Å²) in [4.78, 5) is 27.7. The van der Waals surface area contributed by atoms with Crippen molar-refractivity contribution in [3.05, 3.63) is 88.0 Å². The van der Waals surface area contributed by atoms with Gasteiger partial charge in [-0.15, -0.1) is 6.58 Å². The van der Waals surface area contributed by atoms with Crippen LogP contribution in [-0.4, -0.2) is 23.6 Å². The Labute approximate surface area is 193 Å². The van der Waals surface area contributed by atoms with Crippen molar-refractivity contribution in [3.8, 4) is 6.07 Å². The van der Waals surface area contributed by atoms with E-state index < -0.39 is 11.2 Å². The number of nitriles is 1. The molecule has 0 radical (unpaired) electrons. The zero-order chi connectivity index (χ0) is 23.3. The van der Waals surface area contributed by atoms with Gasteiger partial charge < -0.3 is 5.32 Å². The molecule has 6 heteroatoms. The minimum atomic E-state index is -0.510. The number of rotatable bonds is 7. The fourth-order valence-corrected chi connectivity index (χ4v) is 4.81. The second-order valence-electron chi connectivity index (χ2n) is 7.71. The zero-order valence-corrected chi connectivity index (χ0v) is 19.5. The van der Waals surface area contributed by atoms with Gasteiger partial charge in [-0.05, 0) is 61.1 Å². The number of carbonyl (C=O) groups is 2. The lowest BCUT2D eigenvalue weighted by Crippen LogP contribution is -2.32. The molecular formula is C26H27N3O2S. The van der Waals surface area contributed by atoms with Crippen molar-refractivity contribution < 1.29 is 9.59 Å². The quantitative estimate of drug-likeness (QED) is 0.384. The van der Waals surface area contributed by atoms with Gasteiger partial charge in [-0.2, -0.15) is 5.26 Å². The van der Waals surface area contributed by atoms with Gasteiger partial charge >= 0.3 is 0 Å². The molecule has 1 fully saturated rings. The molecule has 5 nitrogen and oxygen atoms in total. The monoisotopic (exact) mass is 445 g/mol.